The lowest BCUT2D eigenvalue weighted by molar-refractivity contribution is 0.0696. The zero-order valence-electron chi connectivity index (χ0n) is 12.2. The minimum atomic E-state index is -0.912. The van der Waals surface area contributed by atoms with Crippen LogP contribution in [0.4, 0.5) is 0 Å². The van der Waals surface area contributed by atoms with E-state index in [1.165, 1.54) is 12.1 Å². The standard InChI is InChI=1S/C16H19N3O2/c1-2-5-12-8-11(16(20)21)9-15(18-12)19-10-17-13-6-3-4-7-14(13)19/h8-10H,2-7H2,1H3,(H,20,21). The summed E-state index contributed by atoms with van der Waals surface area (Å²) in [5.41, 5.74) is 3.42. The van der Waals surface area contributed by atoms with E-state index in [9.17, 15) is 9.90 Å². The molecule has 0 fully saturated rings. The Labute approximate surface area is 123 Å². The summed E-state index contributed by atoms with van der Waals surface area (Å²) in [6.45, 7) is 2.06. The quantitative estimate of drug-likeness (QED) is 0.938. The van der Waals surface area contributed by atoms with Gasteiger partial charge in [-0.15, -0.1) is 0 Å². The van der Waals surface area contributed by atoms with Gasteiger partial charge in [0.25, 0.3) is 0 Å². The van der Waals surface area contributed by atoms with Crippen molar-refractivity contribution < 1.29 is 9.90 Å². The highest BCUT2D eigenvalue weighted by Crippen LogP contribution is 2.23. The molecule has 0 aromatic carbocycles. The Morgan fingerprint density at radius 1 is 1.33 bits per heavy atom. The van der Waals surface area contributed by atoms with Gasteiger partial charge in [0.1, 0.15) is 12.1 Å². The highest BCUT2D eigenvalue weighted by molar-refractivity contribution is 5.88. The number of hydrogen-bond donors (Lipinski definition) is 1. The molecule has 5 nitrogen and oxygen atoms in total. The van der Waals surface area contributed by atoms with Gasteiger partial charge < -0.3 is 5.11 Å². The normalized spacial score (nSPS) is 14.0. The van der Waals surface area contributed by atoms with E-state index in [4.69, 9.17) is 0 Å². The maximum Gasteiger partial charge on any atom is 0.335 e. The molecule has 5 heteroatoms. The first-order chi connectivity index (χ1) is 10.2. The van der Waals surface area contributed by atoms with Crippen LogP contribution in [-0.2, 0) is 19.3 Å². The maximum atomic E-state index is 11.3. The number of aryl methyl sites for hydroxylation is 2. The van der Waals surface area contributed by atoms with E-state index in [1.54, 1.807) is 18.5 Å². The van der Waals surface area contributed by atoms with Crippen LogP contribution in [0.5, 0.6) is 0 Å². The number of aromatic carboxylic acids is 1. The number of carboxylic acid groups (broad SMARTS) is 1. The number of pyridine rings is 1. The number of hydrogen-bond acceptors (Lipinski definition) is 3. The summed E-state index contributed by atoms with van der Waals surface area (Å²) in [6, 6.07) is 3.30. The Morgan fingerprint density at radius 2 is 2.14 bits per heavy atom. The van der Waals surface area contributed by atoms with Crippen LogP contribution in [0.2, 0.25) is 0 Å². The van der Waals surface area contributed by atoms with E-state index < -0.39 is 5.97 Å². The molecule has 1 aliphatic rings. The lowest BCUT2D eigenvalue weighted by Gasteiger charge is -2.14. The SMILES string of the molecule is CCCc1cc(C(=O)O)cc(-n2cnc3c2CCCC3)n1. The molecule has 2 aromatic rings. The van der Waals surface area contributed by atoms with Crippen molar-refractivity contribution >= 4 is 5.97 Å². The van der Waals surface area contributed by atoms with Gasteiger partial charge in [-0.05, 0) is 44.2 Å². The molecule has 0 spiro atoms. The Kier molecular flexibility index (Phi) is 3.73. The third kappa shape index (κ3) is 2.68. The number of aromatic nitrogens is 3. The zero-order chi connectivity index (χ0) is 14.8. The molecule has 3 rings (SSSR count). The van der Waals surface area contributed by atoms with Gasteiger partial charge in [0, 0.05) is 11.4 Å². The van der Waals surface area contributed by atoms with Crippen molar-refractivity contribution in [3.05, 3.63) is 41.1 Å². The van der Waals surface area contributed by atoms with Gasteiger partial charge in [-0.25, -0.2) is 14.8 Å². The average Bonchev–Trinajstić information content (AvgIpc) is 2.91. The summed E-state index contributed by atoms with van der Waals surface area (Å²) < 4.78 is 1.96. The molecule has 21 heavy (non-hydrogen) atoms. The van der Waals surface area contributed by atoms with Crippen LogP contribution in [0.3, 0.4) is 0 Å². The monoisotopic (exact) mass is 285 g/mol. The van der Waals surface area contributed by atoms with Crippen molar-refractivity contribution in [2.75, 3.05) is 0 Å². The fourth-order valence-electron chi connectivity index (χ4n) is 2.87. The summed E-state index contributed by atoms with van der Waals surface area (Å²) in [5.74, 6) is -0.237. The highest BCUT2D eigenvalue weighted by Gasteiger charge is 2.18. The molecule has 0 atom stereocenters. The molecule has 0 radical (unpaired) electrons. The van der Waals surface area contributed by atoms with E-state index >= 15 is 0 Å². The molecule has 0 amide bonds. The highest BCUT2D eigenvalue weighted by atomic mass is 16.4. The number of imidazole rings is 1. The average molecular weight is 285 g/mol. The largest absolute Gasteiger partial charge is 0.478 e. The maximum absolute atomic E-state index is 11.3. The molecule has 0 bridgehead atoms. The predicted molar refractivity (Wildman–Crippen MR) is 79.0 cm³/mol. The molecular formula is C16H19N3O2. The van der Waals surface area contributed by atoms with Crippen molar-refractivity contribution in [2.45, 2.75) is 45.4 Å². The minimum Gasteiger partial charge on any atom is -0.478 e. The molecule has 1 aliphatic carbocycles. The molecule has 2 heterocycles. The van der Waals surface area contributed by atoms with E-state index in [0.717, 1.165) is 43.5 Å². The van der Waals surface area contributed by atoms with E-state index in [0.29, 0.717) is 11.4 Å². The second-order valence-electron chi connectivity index (χ2n) is 5.48. The van der Waals surface area contributed by atoms with E-state index in [-0.39, 0.29) is 0 Å². The Bertz CT molecular complexity index is 676. The van der Waals surface area contributed by atoms with Crippen LogP contribution in [-0.4, -0.2) is 25.6 Å². The van der Waals surface area contributed by atoms with Gasteiger partial charge in [0.15, 0.2) is 0 Å². The second kappa shape index (κ2) is 5.68. The lowest BCUT2D eigenvalue weighted by atomic mass is 10.0. The van der Waals surface area contributed by atoms with Crippen molar-refractivity contribution in [1.82, 2.24) is 14.5 Å². The fraction of sp³-hybridized carbons (Fsp3) is 0.438. The molecule has 1 N–H and O–H groups in total. The first kappa shape index (κ1) is 13.8. The van der Waals surface area contributed by atoms with Crippen LogP contribution in [0, 0.1) is 0 Å². The number of fused-ring (bicyclic) bond motifs is 1. The first-order valence-corrected chi connectivity index (χ1v) is 7.48. The topological polar surface area (TPSA) is 68.0 Å². The van der Waals surface area contributed by atoms with E-state index in [2.05, 4.69) is 16.9 Å². The predicted octanol–water partition coefficient (Wildman–Crippen LogP) is 2.80. The fourth-order valence-corrected chi connectivity index (χ4v) is 2.87. The van der Waals surface area contributed by atoms with Crippen molar-refractivity contribution in [2.24, 2.45) is 0 Å². The molecular weight excluding hydrogens is 266 g/mol. The van der Waals surface area contributed by atoms with Crippen LogP contribution in [0.1, 0.15) is 53.6 Å². The molecule has 2 aromatic heterocycles. The van der Waals surface area contributed by atoms with Crippen molar-refractivity contribution in [1.29, 1.82) is 0 Å². The third-order valence-corrected chi connectivity index (χ3v) is 3.89. The van der Waals surface area contributed by atoms with Crippen LogP contribution >= 0.6 is 0 Å². The van der Waals surface area contributed by atoms with E-state index in [1.807, 2.05) is 4.57 Å². The first-order valence-electron chi connectivity index (χ1n) is 7.48. The van der Waals surface area contributed by atoms with Crippen LogP contribution in [0.15, 0.2) is 18.5 Å². The number of nitrogens with zero attached hydrogens (tertiary/aromatic N) is 3. The number of carbonyl (C=O) groups is 1. The summed E-state index contributed by atoms with van der Waals surface area (Å²) in [5, 5.41) is 9.29. The van der Waals surface area contributed by atoms with Gasteiger partial charge in [-0.2, -0.15) is 0 Å². The number of rotatable bonds is 4. The summed E-state index contributed by atoms with van der Waals surface area (Å²) in [4.78, 5) is 20.4. The molecule has 0 saturated heterocycles. The smallest absolute Gasteiger partial charge is 0.335 e. The van der Waals surface area contributed by atoms with Gasteiger partial charge >= 0.3 is 5.97 Å². The molecule has 110 valence electrons. The Hall–Kier alpha value is -2.17. The molecule has 0 aliphatic heterocycles. The van der Waals surface area contributed by atoms with Gasteiger partial charge in [-0.1, -0.05) is 13.3 Å². The third-order valence-electron chi connectivity index (χ3n) is 3.89. The van der Waals surface area contributed by atoms with Crippen LogP contribution in [0.25, 0.3) is 5.82 Å². The molecule has 0 saturated carbocycles. The van der Waals surface area contributed by atoms with Crippen LogP contribution < -0.4 is 0 Å². The zero-order valence-corrected chi connectivity index (χ0v) is 12.2. The summed E-state index contributed by atoms with van der Waals surface area (Å²) in [6.07, 6.45) is 7.81. The van der Waals surface area contributed by atoms with Gasteiger partial charge in [0.05, 0.1) is 11.3 Å². The molecule has 0 unspecified atom stereocenters. The van der Waals surface area contributed by atoms with Gasteiger partial charge in [-0.3, -0.25) is 4.57 Å². The number of carboxylic acids is 1. The van der Waals surface area contributed by atoms with Gasteiger partial charge in [0.2, 0.25) is 0 Å². The Morgan fingerprint density at radius 3 is 2.90 bits per heavy atom. The van der Waals surface area contributed by atoms with Crippen molar-refractivity contribution in [3.63, 3.8) is 0 Å². The summed E-state index contributed by atoms with van der Waals surface area (Å²) in [7, 11) is 0. The summed E-state index contributed by atoms with van der Waals surface area (Å²) >= 11 is 0. The minimum absolute atomic E-state index is 0.293. The van der Waals surface area contributed by atoms with Crippen molar-refractivity contribution in [3.8, 4) is 5.82 Å². The lowest BCUT2D eigenvalue weighted by Crippen LogP contribution is -2.10. The Balaban J connectivity index is 2.08. The second-order valence-corrected chi connectivity index (χ2v) is 5.48.